The molecule has 0 aliphatic rings. The Kier molecular flexibility index (Phi) is 3.72. The molecule has 0 amide bonds. The molecule has 0 radical (unpaired) electrons. The number of para-hydroxylation sites is 1. The van der Waals surface area contributed by atoms with Gasteiger partial charge in [-0.25, -0.2) is 0 Å². The van der Waals surface area contributed by atoms with Crippen LogP contribution in [0.4, 0.5) is 11.4 Å². The molecule has 0 saturated carbocycles. The van der Waals surface area contributed by atoms with Crippen LogP contribution in [0.25, 0.3) is 0 Å². The first kappa shape index (κ1) is 12.3. The van der Waals surface area contributed by atoms with Crippen LogP contribution in [0, 0.1) is 11.8 Å². The van der Waals surface area contributed by atoms with Gasteiger partial charge in [-0.1, -0.05) is 41.1 Å². The monoisotopic (exact) mass is 240 g/mol. The minimum Gasteiger partial charge on any atom is -0.355 e. The summed E-state index contributed by atoms with van der Waals surface area (Å²) in [7, 11) is 0. The van der Waals surface area contributed by atoms with Crippen molar-refractivity contribution < 1.29 is 0 Å². The van der Waals surface area contributed by atoms with Crippen molar-refractivity contribution in [3.8, 4) is 0 Å². The van der Waals surface area contributed by atoms with Crippen LogP contribution < -0.4 is 5.32 Å². The molecule has 92 valence electrons. The minimum atomic E-state index is -0.348. The zero-order chi connectivity index (χ0) is 13.0. The van der Waals surface area contributed by atoms with E-state index in [1.807, 2.05) is 48.5 Å². The van der Waals surface area contributed by atoms with Gasteiger partial charge in [-0.05, 0) is 32.0 Å². The summed E-state index contributed by atoms with van der Waals surface area (Å²) in [5.74, 6) is 0. The molecule has 0 heterocycles. The Balaban J connectivity index is 2.28. The molecular weight excluding hydrogens is 224 g/mol. The molecule has 3 nitrogen and oxygen atoms in total. The number of rotatable bonds is 4. The summed E-state index contributed by atoms with van der Waals surface area (Å²) in [6.07, 6.45) is 0. The lowest BCUT2D eigenvalue weighted by Crippen LogP contribution is -1.98. The van der Waals surface area contributed by atoms with Crippen molar-refractivity contribution in [3.05, 3.63) is 64.6 Å². The van der Waals surface area contributed by atoms with Gasteiger partial charge in [0.15, 0.2) is 0 Å². The molecule has 1 unspecified atom stereocenters. The van der Waals surface area contributed by atoms with Crippen molar-refractivity contribution in [2.24, 2.45) is 5.18 Å². The van der Waals surface area contributed by atoms with Gasteiger partial charge in [0, 0.05) is 16.9 Å². The highest BCUT2D eigenvalue weighted by Crippen LogP contribution is 2.27. The summed E-state index contributed by atoms with van der Waals surface area (Å²) >= 11 is 0. The molecule has 0 spiro atoms. The molecule has 0 fully saturated rings. The van der Waals surface area contributed by atoms with Crippen LogP contribution in [0.5, 0.6) is 0 Å². The maximum absolute atomic E-state index is 10.7. The van der Waals surface area contributed by atoms with E-state index >= 15 is 0 Å². The minimum absolute atomic E-state index is 0.348. The van der Waals surface area contributed by atoms with Crippen LogP contribution in [0.3, 0.4) is 0 Å². The topological polar surface area (TPSA) is 41.5 Å². The molecule has 0 bridgehead atoms. The van der Waals surface area contributed by atoms with E-state index in [1.165, 1.54) is 5.56 Å². The molecule has 3 heteroatoms. The third-order valence-corrected chi connectivity index (χ3v) is 2.90. The second-order valence-corrected chi connectivity index (χ2v) is 4.36. The zero-order valence-electron chi connectivity index (χ0n) is 10.6. The average Bonchev–Trinajstić information content (AvgIpc) is 2.41. The highest BCUT2D eigenvalue weighted by atomic mass is 16.3. The first-order chi connectivity index (χ1) is 8.70. The SMILES string of the molecule is Cc1ccc(Nc2ccccc2C(C)N=O)cc1. The number of anilines is 2. The van der Waals surface area contributed by atoms with Gasteiger partial charge in [-0.2, -0.15) is 4.91 Å². The molecular formula is C15H16N2O. The molecule has 0 saturated heterocycles. The van der Waals surface area contributed by atoms with Crippen LogP contribution in [0.1, 0.15) is 24.1 Å². The Morgan fingerprint density at radius 2 is 1.72 bits per heavy atom. The van der Waals surface area contributed by atoms with Crippen molar-refractivity contribution in [2.75, 3.05) is 5.32 Å². The van der Waals surface area contributed by atoms with Gasteiger partial charge >= 0.3 is 0 Å². The van der Waals surface area contributed by atoms with E-state index in [0.717, 1.165) is 16.9 Å². The van der Waals surface area contributed by atoms with Crippen LogP contribution >= 0.6 is 0 Å². The maximum atomic E-state index is 10.7. The van der Waals surface area contributed by atoms with Crippen LogP contribution in [0.15, 0.2) is 53.7 Å². The quantitative estimate of drug-likeness (QED) is 0.795. The molecule has 18 heavy (non-hydrogen) atoms. The fourth-order valence-electron chi connectivity index (χ4n) is 1.82. The Bertz CT molecular complexity index is 534. The fourth-order valence-corrected chi connectivity index (χ4v) is 1.82. The summed E-state index contributed by atoms with van der Waals surface area (Å²) in [6.45, 7) is 3.85. The lowest BCUT2D eigenvalue weighted by molar-refractivity contribution is 0.814. The number of nitroso groups, excluding NO2 is 1. The second kappa shape index (κ2) is 5.45. The van der Waals surface area contributed by atoms with Gasteiger partial charge in [0.2, 0.25) is 0 Å². The van der Waals surface area contributed by atoms with E-state index in [1.54, 1.807) is 6.92 Å². The van der Waals surface area contributed by atoms with E-state index in [-0.39, 0.29) is 6.04 Å². The lowest BCUT2D eigenvalue weighted by Gasteiger charge is -2.13. The van der Waals surface area contributed by atoms with Crippen LogP contribution in [-0.4, -0.2) is 0 Å². The second-order valence-electron chi connectivity index (χ2n) is 4.36. The number of aryl methyl sites for hydroxylation is 1. The van der Waals surface area contributed by atoms with Gasteiger partial charge in [0.1, 0.15) is 6.04 Å². The first-order valence-electron chi connectivity index (χ1n) is 5.96. The molecule has 0 aliphatic heterocycles. The average molecular weight is 240 g/mol. The first-order valence-corrected chi connectivity index (χ1v) is 5.96. The third-order valence-electron chi connectivity index (χ3n) is 2.90. The molecule has 0 aromatic heterocycles. The summed E-state index contributed by atoms with van der Waals surface area (Å²) in [6, 6.07) is 15.5. The predicted octanol–water partition coefficient (Wildman–Crippen LogP) is 4.57. The fraction of sp³-hybridized carbons (Fsp3) is 0.200. The van der Waals surface area contributed by atoms with E-state index in [0.29, 0.717) is 0 Å². The summed E-state index contributed by atoms with van der Waals surface area (Å²) in [5, 5.41) is 6.40. The van der Waals surface area contributed by atoms with Gasteiger partial charge in [-0.3, -0.25) is 0 Å². The number of hydrogen-bond acceptors (Lipinski definition) is 3. The van der Waals surface area contributed by atoms with E-state index in [4.69, 9.17) is 0 Å². The Hall–Kier alpha value is -2.16. The third kappa shape index (κ3) is 2.74. The molecule has 2 aromatic rings. The molecule has 0 aliphatic carbocycles. The van der Waals surface area contributed by atoms with Gasteiger partial charge in [0.25, 0.3) is 0 Å². The van der Waals surface area contributed by atoms with Crippen molar-refractivity contribution in [1.82, 2.24) is 0 Å². The lowest BCUT2D eigenvalue weighted by atomic mass is 10.1. The highest BCUT2D eigenvalue weighted by Gasteiger charge is 2.09. The molecule has 1 N–H and O–H groups in total. The Morgan fingerprint density at radius 1 is 1.06 bits per heavy atom. The number of benzene rings is 2. The standard InChI is InChI=1S/C15H16N2O/c1-11-7-9-13(10-8-11)16-15-6-4-3-5-14(15)12(2)17-18/h3-10,12,16H,1-2H3. The largest absolute Gasteiger partial charge is 0.355 e. The molecule has 2 rings (SSSR count). The summed E-state index contributed by atoms with van der Waals surface area (Å²) < 4.78 is 0. The number of hydrogen-bond donors (Lipinski definition) is 1. The Morgan fingerprint density at radius 3 is 2.39 bits per heavy atom. The summed E-state index contributed by atoms with van der Waals surface area (Å²) in [5.41, 5.74) is 4.06. The van der Waals surface area contributed by atoms with Crippen molar-refractivity contribution in [1.29, 1.82) is 0 Å². The number of nitrogens with one attached hydrogen (secondary N) is 1. The van der Waals surface area contributed by atoms with Crippen molar-refractivity contribution >= 4 is 11.4 Å². The highest BCUT2D eigenvalue weighted by molar-refractivity contribution is 5.64. The predicted molar refractivity (Wildman–Crippen MR) is 75.1 cm³/mol. The molecule has 2 aromatic carbocycles. The van der Waals surface area contributed by atoms with E-state index < -0.39 is 0 Å². The van der Waals surface area contributed by atoms with E-state index in [9.17, 15) is 4.91 Å². The number of nitrogens with zero attached hydrogens (tertiary/aromatic N) is 1. The smallest absolute Gasteiger partial charge is 0.116 e. The van der Waals surface area contributed by atoms with Gasteiger partial charge < -0.3 is 5.32 Å². The van der Waals surface area contributed by atoms with Gasteiger partial charge in [-0.15, -0.1) is 0 Å². The Labute approximate surface area is 107 Å². The van der Waals surface area contributed by atoms with E-state index in [2.05, 4.69) is 17.4 Å². The normalized spacial score (nSPS) is 11.9. The summed E-state index contributed by atoms with van der Waals surface area (Å²) in [4.78, 5) is 10.7. The van der Waals surface area contributed by atoms with Gasteiger partial charge in [0.05, 0.1) is 0 Å². The van der Waals surface area contributed by atoms with Crippen LogP contribution in [0.2, 0.25) is 0 Å². The van der Waals surface area contributed by atoms with Crippen LogP contribution in [-0.2, 0) is 0 Å². The van der Waals surface area contributed by atoms with Crippen molar-refractivity contribution in [2.45, 2.75) is 19.9 Å². The zero-order valence-corrected chi connectivity index (χ0v) is 10.6. The van der Waals surface area contributed by atoms with Crippen molar-refractivity contribution in [3.63, 3.8) is 0 Å². The maximum Gasteiger partial charge on any atom is 0.116 e. The molecule has 1 atom stereocenters.